The zero-order valence-corrected chi connectivity index (χ0v) is 19.8. The first-order valence-corrected chi connectivity index (χ1v) is 12.5. The van der Waals surface area contributed by atoms with Crippen molar-refractivity contribution in [2.24, 2.45) is 4.99 Å². The van der Waals surface area contributed by atoms with Crippen molar-refractivity contribution in [2.45, 2.75) is 10.9 Å². The Morgan fingerprint density at radius 2 is 1.85 bits per heavy atom. The number of aromatic hydroxyl groups is 1. The molecule has 0 aliphatic carbocycles. The van der Waals surface area contributed by atoms with E-state index in [1.54, 1.807) is 23.6 Å². The summed E-state index contributed by atoms with van der Waals surface area (Å²) in [5.41, 5.74) is 3.43. The summed E-state index contributed by atoms with van der Waals surface area (Å²) >= 11 is 2.98. The van der Waals surface area contributed by atoms with E-state index in [9.17, 15) is 9.90 Å². The molecule has 2 N–H and O–H groups in total. The summed E-state index contributed by atoms with van der Waals surface area (Å²) in [5.74, 6) is 0.497. The largest absolute Gasteiger partial charge is 0.507 e. The molecule has 0 saturated heterocycles. The zero-order valence-electron chi connectivity index (χ0n) is 18.1. The lowest BCUT2D eigenvalue weighted by Gasteiger charge is -2.04. The first kappa shape index (κ1) is 22.1. The number of benzene rings is 4. The third-order valence-electron chi connectivity index (χ3n) is 5.30. The standard InChI is InChI=1S/C27H21N3O2S2/c31-24-13-10-19-8-4-5-9-21(19)22(24)16-28-20-11-12-23-25(14-20)34-27(30-23)33-17-26(32)29-15-18-6-2-1-3-7-18/h1-14,16,31H,15,17H2,(H,29,32). The zero-order chi connectivity index (χ0) is 23.3. The van der Waals surface area contributed by atoms with Gasteiger partial charge in [0.15, 0.2) is 4.34 Å². The van der Waals surface area contributed by atoms with E-state index >= 15 is 0 Å². The van der Waals surface area contributed by atoms with Crippen molar-refractivity contribution in [1.82, 2.24) is 10.3 Å². The fourth-order valence-corrected chi connectivity index (χ4v) is 5.50. The van der Waals surface area contributed by atoms with Crippen molar-refractivity contribution < 1.29 is 9.90 Å². The van der Waals surface area contributed by atoms with Crippen LogP contribution in [0, 0.1) is 0 Å². The van der Waals surface area contributed by atoms with Crippen molar-refractivity contribution in [2.75, 3.05) is 5.75 Å². The van der Waals surface area contributed by atoms with Gasteiger partial charge in [0.05, 0.1) is 21.7 Å². The molecule has 1 aromatic heterocycles. The number of nitrogens with zero attached hydrogens (tertiary/aromatic N) is 2. The number of fused-ring (bicyclic) bond motifs is 2. The summed E-state index contributed by atoms with van der Waals surface area (Å²) in [5, 5.41) is 15.3. The minimum absolute atomic E-state index is 0.0201. The molecule has 0 saturated carbocycles. The normalized spacial score (nSPS) is 11.4. The van der Waals surface area contributed by atoms with Gasteiger partial charge in [0.2, 0.25) is 5.91 Å². The molecule has 0 aliphatic heterocycles. The van der Waals surface area contributed by atoms with Gasteiger partial charge in [-0.05, 0) is 40.6 Å². The Hall–Kier alpha value is -3.68. The second-order valence-corrected chi connectivity index (χ2v) is 9.91. The topological polar surface area (TPSA) is 74.6 Å². The minimum atomic E-state index is -0.0201. The van der Waals surface area contributed by atoms with Gasteiger partial charge >= 0.3 is 0 Å². The molecule has 1 amide bonds. The first-order chi connectivity index (χ1) is 16.7. The summed E-state index contributed by atoms with van der Waals surface area (Å²) in [4.78, 5) is 21.4. The predicted octanol–water partition coefficient (Wildman–Crippen LogP) is 6.31. The number of carbonyl (C=O) groups is 1. The second-order valence-electron chi connectivity index (χ2n) is 7.66. The summed E-state index contributed by atoms with van der Waals surface area (Å²) in [6.07, 6.45) is 1.70. The second kappa shape index (κ2) is 10.1. The lowest BCUT2D eigenvalue weighted by Crippen LogP contribution is -2.24. The number of phenolic OH excluding ortho intramolecular Hbond substituents is 1. The van der Waals surface area contributed by atoms with Crippen molar-refractivity contribution in [1.29, 1.82) is 0 Å². The Labute approximate surface area is 205 Å². The maximum absolute atomic E-state index is 12.2. The van der Waals surface area contributed by atoms with Crippen molar-refractivity contribution in [3.63, 3.8) is 0 Å². The number of rotatable bonds is 7. The molecule has 0 unspecified atom stereocenters. The molecule has 7 heteroatoms. The van der Waals surface area contributed by atoms with Crippen LogP contribution in [-0.4, -0.2) is 28.0 Å². The van der Waals surface area contributed by atoms with E-state index < -0.39 is 0 Å². The van der Waals surface area contributed by atoms with Gasteiger partial charge < -0.3 is 10.4 Å². The van der Waals surface area contributed by atoms with Gasteiger partial charge in [-0.15, -0.1) is 11.3 Å². The molecule has 34 heavy (non-hydrogen) atoms. The number of carbonyl (C=O) groups excluding carboxylic acids is 1. The molecule has 5 aromatic rings. The maximum Gasteiger partial charge on any atom is 0.230 e. The van der Waals surface area contributed by atoms with Crippen LogP contribution < -0.4 is 5.32 Å². The van der Waals surface area contributed by atoms with Crippen LogP contribution >= 0.6 is 23.1 Å². The Balaban J connectivity index is 1.26. The molecule has 5 rings (SSSR count). The molecule has 1 heterocycles. The third kappa shape index (κ3) is 5.11. The summed E-state index contributed by atoms with van der Waals surface area (Å²) in [6, 6.07) is 27.2. The Kier molecular flexibility index (Phi) is 6.56. The quantitative estimate of drug-likeness (QED) is 0.210. The van der Waals surface area contributed by atoms with E-state index in [-0.39, 0.29) is 11.7 Å². The number of nitrogens with one attached hydrogen (secondary N) is 1. The number of aliphatic imine (C=N–C) groups is 1. The van der Waals surface area contributed by atoms with Gasteiger partial charge in [0.1, 0.15) is 5.75 Å². The average Bonchev–Trinajstić information content (AvgIpc) is 3.28. The smallest absolute Gasteiger partial charge is 0.230 e. The van der Waals surface area contributed by atoms with Crippen LogP contribution in [-0.2, 0) is 11.3 Å². The van der Waals surface area contributed by atoms with E-state index in [0.29, 0.717) is 17.9 Å². The predicted molar refractivity (Wildman–Crippen MR) is 141 cm³/mol. The van der Waals surface area contributed by atoms with Crippen molar-refractivity contribution in [3.8, 4) is 5.75 Å². The minimum Gasteiger partial charge on any atom is -0.507 e. The van der Waals surface area contributed by atoms with Crippen molar-refractivity contribution in [3.05, 3.63) is 96.1 Å². The molecular weight excluding hydrogens is 462 g/mol. The Morgan fingerprint density at radius 3 is 2.74 bits per heavy atom. The number of hydrogen-bond donors (Lipinski definition) is 2. The average molecular weight is 484 g/mol. The summed E-state index contributed by atoms with van der Waals surface area (Å²) < 4.78 is 1.85. The molecule has 168 valence electrons. The van der Waals surface area contributed by atoms with Crippen LogP contribution in [0.25, 0.3) is 21.0 Å². The molecule has 4 aromatic carbocycles. The van der Waals surface area contributed by atoms with E-state index in [1.807, 2.05) is 78.9 Å². The summed E-state index contributed by atoms with van der Waals surface area (Å²) in [7, 11) is 0. The molecule has 0 bridgehead atoms. The number of thiazole rings is 1. The lowest BCUT2D eigenvalue weighted by atomic mass is 10.0. The highest BCUT2D eigenvalue weighted by molar-refractivity contribution is 8.01. The first-order valence-electron chi connectivity index (χ1n) is 10.7. The fourth-order valence-electron chi connectivity index (χ4n) is 3.57. The number of phenols is 1. The van der Waals surface area contributed by atoms with E-state index in [4.69, 9.17) is 0 Å². The highest BCUT2D eigenvalue weighted by Gasteiger charge is 2.09. The van der Waals surface area contributed by atoms with E-state index in [1.165, 1.54) is 11.8 Å². The number of thioether (sulfide) groups is 1. The van der Waals surface area contributed by atoms with Gasteiger partial charge in [-0.1, -0.05) is 72.4 Å². The molecule has 0 fully saturated rings. The SMILES string of the molecule is O=C(CSc1nc2ccc(N=Cc3c(O)ccc4ccccc34)cc2s1)NCc1ccccc1. The highest BCUT2D eigenvalue weighted by Crippen LogP contribution is 2.32. The Bertz CT molecular complexity index is 1500. The van der Waals surface area contributed by atoms with Crippen LogP contribution in [0.5, 0.6) is 5.75 Å². The molecule has 0 atom stereocenters. The highest BCUT2D eigenvalue weighted by atomic mass is 32.2. The monoisotopic (exact) mass is 483 g/mol. The maximum atomic E-state index is 12.2. The van der Waals surface area contributed by atoms with Crippen molar-refractivity contribution >= 4 is 61.9 Å². The fraction of sp³-hybridized carbons (Fsp3) is 0.0741. The van der Waals surface area contributed by atoms with Gasteiger partial charge in [0.25, 0.3) is 0 Å². The lowest BCUT2D eigenvalue weighted by molar-refractivity contribution is -0.118. The van der Waals surface area contributed by atoms with Gasteiger partial charge in [-0.25, -0.2) is 4.98 Å². The van der Waals surface area contributed by atoms with Gasteiger partial charge in [-0.2, -0.15) is 0 Å². The Morgan fingerprint density at radius 1 is 1.03 bits per heavy atom. The van der Waals surface area contributed by atoms with Crippen LogP contribution in [0.1, 0.15) is 11.1 Å². The van der Waals surface area contributed by atoms with Gasteiger partial charge in [0, 0.05) is 18.3 Å². The number of hydrogen-bond acceptors (Lipinski definition) is 6. The molecule has 0 aliphatic rings. The van der Waals surface area contributed by atoms with Gasteiger partial charge in [-0.3, -0.25) is 9.79 Å². The van der Waals surface area contributed by atoms with E-state index in [2.05, 4.69) is 15.3 Å². The number of amides is 1. The molecule has 0 spiro atoms. The summed E-state index contributed by atoms with van der Waals surface area (Å²) in [6.45, 7) is 0.522. The van der Waals surface area contributed by atoms with E-state index in [0.717, 1.165) is 36.6 Å². The van der Waals surface area contributed by atoms with Crippen LogP contribution in [0.15, 0.2) is 94.3 Å². The van der Waals surface area contributed by atoms with Crippen LogP contribution in [0.2, 0.25) is 0 Å². The molecule has 5 nitrogen and oxygen atoms in total. The van der Waals surface area contributed by atoms with Crippen LogP contribution in [0.3, 0.4) is 0 Å². The molecular formula is C27H21N3O2S2. The number of aromatic nitrogens is 1. The van der Waals surface area contributed by atoms with Crippen LogP contribution in [0.4, 0.5) is 5.69 Å². The third-order valence-corrected chi connectivity index (χ3v) is 7.46. The molecule has 0 radical (unpaired) electrons.